The van der Waals surface area contributed by atoms with Crippen molar-refractivity contribution in [1.29, 1.82) is 0 Å². The van der Waals surface area contributed by atoms with Crippen LogP contribution < -0.4 is 5.32 Å². The van der Waals surface area contributed by atoms with Crippen LogP contribution in [-0.2, 0) is 4.79 Å². The number of halogens is 1. The largest absolute Gasteiger partial charge is 0.323 e. The fourth-order valence-corrected chi connectivity index (χ4v) is 0.257. The van der Waals surface area contributed by atoms with Gasteiger partial charge in [0.1, 0.15) is 0 Å². The van der Waals surface area contributed by atoms with E-state index in [0.29, 0.717) is 0 Å². The minimum atomic E-state index is -0.419. The SMILES string of the molecule is C/C=C/C(=O)Cl.CNC. The summed E-state index contributed by atoms with van der Waals surface area (Å²) in [5, 5.41) is 2.33. The summed E-state index contributed by atoms with van der Waals surface area (Å²) in [6, 6.07) is 0. The molecule has 0 bridgehead atoms. The Morgan fingerprint density at radius 1 is 1.56 bits per heavy atom. The minimum Gasteiger partial charge on any atom is -0.323 e. The van der Waals surface area contributed by atoms with E-state index >= 15 is 0 Å². The van der Waals surface area contributed by atoms with Crippen molar-refractivity contribution >= 4 is 16.8 Å². The highest BCUT2D eigenvalue weighted by Gasteiger charge is 1.77. The quantitative estimate of drug-likeness (QED) is 0.448. The molecular formula is C6H12ClNO. The van der Waals surface area contributed by atoms with Crippen LogP contribution in [0.25, 0.3) is 0 Å². The van der Waals surface area contributed by atoms with E-state index in [9.17, 15) is 4.79 Å². The van der Waals surface area contributed by atoms with Crippen LogP contribution in [0.15, 0.2) is 12.2 Å². The summed E-state index contributed by atoms with van der Waals surface area (Å²) >= 11 is 4.85. The summed E-state index contributed by atoms with van der Waals surface area (Å²) < 4.78 is 0. The van der Waals surface area contributed by atoms with Crippen molar-refractivity contribution in [2.75, 3.05) is 14.1 Å². The van der Waals surface area contributed by atoms with Gasteiger partial charge < -0.3 is 5.32 Å². The zero-order valence-electron chi connectivity index (χ0n) is 5.94. The van der Waals surface area contributed by atoms with Gasteiger partial charge in [0.25, 0.3) is 0 Å². The van der Waals surface area contributed by atoms with Gasteiger partial charge in [-0.2, -0.15) is 0 Å². The number of hydrogen-bond acceptors (Lipinski definition) is 2. The molecule has 0 spiro atoms. The third-order valence-electron chi connectivity index (χ3n) is 0.298. The van der Waals surface area contributed by atoms with Crippen LogP contribution in [0.5, 0.6) is 0 Å². The van der Waals surface area contributed by atoms with Gasteiger partial charge in [0.05, 0.1) is 0 Å². The molecule has 0 aliphatic heterocycles. The standard InChI is InChI=1S/C4H5ClO.C2H7N/c1-2-3-4(5)6;1-3-2/h2-3H,1H3;3H,1-2H3/b3-2+;. The summed E-state index contributed by atoms with van der Waals surface area (Å²) in [4.78, 5) is 9.72. The van der Waals surface area contributed by atoms with E-state index in [-0.39, 0.29) is 0 Å². The summed E-state index contributed by atoms with van der Waals surface area (Å²) in [7, 11) is 3.75. The Hall–Kier alpha value is -0.340. The Morgan fingerprint density at radius 3 is 1.89 bits per heavy atom. The maximum atomic E-state index is 9.72. The van der Waals surface area contributed by atoms with E-state index in [0.717, 1.165) is 0 Å². The lowest BCUT2D eigenvalue weighted by Gasteiger charge is -1.65. The number of nitrogens with one attached hydrogen (secondary N) is 1. The Kier molecular flexibility index (Phi) is 13.5. The number of allylic oxidation sites excluding steroid dienone is 2. The zero-order chi connectivity index (χ0) is 7.70. The highest BCUT2D eigenvalue weighted by molar-refractivity contribution is 6.66. The van der Waals surface area contributed by atoms with Crippen LogP contribution in [0.3, 0.4) is 0 Å². The molecule has 0 aliphatic carbocycles. The van der Waals surface area contributed by atoms with E-state index in [2.05, 4.69) is 5.32 Å². The number of carbonyl (C=O) groups is 1. The molecule has 0 atom stereocenters. The van der Waals surface area contributed by atoms with E-state index in [1.165, 1.54) is 6.08 Å². The minimum absolute atomic E-state index is 0.419. The van der Waals surface area contributed by atoms with Crippen LogP contribution in [0.1, 0.15) is 6.92 Å². The maximum absolute atomic E-state index is 9.72. The second-order valence-electron chi connectivity index (χ2n) is 1.30. The monoisotopic (exact) mass is 149 g/mol. The van der Waals surface area contributed by atoms with E-state index in [4.69, 9.17) is 11.6 Å². The molecule has 2 nitrogen and oxygen atoms in total. The topological polar surface area (TPSA) is 29.1 Å². The Balaban J connectivity index is 0. The van der Waals surface area contributed by atoms with Crippen LogP contribution >= 0.6 is 11.6 Å². The molecule has 0 heterocycles. The molecule has 0 aromatic heterocycles. The van der Waals surface area contributed by atoms with Crippen LogP contribution in [-0.4, -0.2) is 19.3 Å². The fraction of sp³-hybridized carbons (Fsp3) is 0.500. The fourth-order valence-electron chi connectivity index (χ4n) is 0.131. The average Bonchev–Trinajstić information content (AvgIpc) is 1.67. The second kappa shape index (κ2) is 10.6. The molecule has 9 heavy (non-hydrogen) atoms. The first kappa shape index (κ1) is 11.5. The van der Waals surface area contributed by atoms with Crippen molar-refractivity contribution in [3.8, 4) is 0 Å². The summed E-state index contributed by atoms with van der Waals surface area (Å²) in [5.74, 6) is 0. The van der Waals surface area contributed by atoms with E-state index in [1.807, 2.05) is 14.1 Å². The molecule has 0 saturated heterocycles. The van der Waals surface area contributed by atoms with E-state index in [1.54, 1.807) is 13.0 Å². The first-order valence-corrected chi connectivity index (χ1v) is 2.97. The van der Waals surface area contributed by atoms with Gasteiger partial charge in [-0.05, 0) is 38.7 Å². The molecular weight excluding hydrogens is 138 g/mol. The van der Waals surface area contributed by atoms with Gasteiger partial charge in [-0.3, -0.25) is 4.79 Å². The van der Waals surface area contributed by atoms with Crippen molar-refractivity contribution in [3.63, 3.8) is 0 Å². The van der Waals surface area contributed by atoms with Gasteiger partial charge in [0.2, 0.25) is 5.24 Å². The highest BCUT2D eigenvalue weighted by atomic mass is 35.5. The first-order valence-electron chi connectivity index (χ1n) is 2.59. The molecule has 0 rings (SSSR count). The molecule has 3 heteroatoms. The second-order valence-corrected chi connectivity index (χ2v) is 1.68. The van der Waals surface area contributed by atoms with Crippen LogP contribution in [0, 0.1) is 0 Å². The lowest BCUT2D eigenvalue weighted by molar-refractivity contribution is -0.107. The van der Waals surface area contributed by atoms with Crippen molar-refractivity contribution in [3.05, 3.63) is 12.2 Å². The van der Waals surface area contributed by atoms with Gasteiger partial charge in [-0.1, -0.05) is 6.08 Å². The van der Waals surface area contributed by atoms with E-state index < -0.39 is 5.24 Å². The molecule has 0 amide bonds. The van der Waals surface area contributed by atoms with Gasteiger partial charge in [-0.25, -0.2) is 0 Å². The van der Waals surface area contributed by atoms with Gasteiger partial charge in [0.15, 0.2) is 0 Å². The predicted octanol–water partition coefficient (Wildman–Crippen LogP) is 1.16. The van der Waals surface area contributed by atoms with Crippen molar-refractivity contribution in [2.45, 2.75) is 6.92 Å². The van der Waals surface area contributed by atoms with Crippen molar-refractivity contribution in [1.82, 2.24) is 5.32 Å². The Bertz CT molecular complexity index is 91.1. The van der Waals surface area contributed by atoms with Crippen LogP contribution in [0.4, 0.5) is 0 Å². The smallest absolute Gasteiger partial charge is 0.244 e. The molecule has 0 fully saturated rings. The lowest BCUT2D eigenvalue weighted by Crippen LogP contribution is -1.89. The predicted molar refractivity (Wildman–Crippen MR) is 40.7 cm³/mol. The molecule has 0 aliphatic rings. The molecule has 0 saturated carbocycles. The molecule has 0 radical (unpaired) electrons. The Morgan fingerprint density at radius 2 is 1.89 bits per heavy atom. The van der Waals surface area contributed by atoms with Crippen LogP contribution in [0.2, 0.25) is 0 Å². The van der Waals surface area contributed by atoms with Gasteiger partial charge in [0, 0.05) is 0 Å². The first-order chi connectivity index (χ1) is 4.18. The highest BCUT2D eigenvalue weighted by Crippen LogP contribution is 1.78. The van der Waals surface area contributed by atoms with Crippen molar-refractivity contribution in [2.24, 2.45) is 0 Å². The molecule has 54 valence electrons. The zero-order valence-corrected chi connectivity index (χ0v) is 6.70. The normalized spacial score (nSPS) is 8.44. The number of hydrogen-bond donors (Lipinski definition) is 1. The van der Waals surface area contributed by atoms with Crippen molar-refractivity contribution < 1.29 is 4.79 Å². The molecule has 0 unspecified atom stereocenters. The van der Waals surface area contributed by atoms with Gasteiger partial charge in [-0.15, -0.1) is 0 Å². The Labute approximate surface area is 60.9 Å². The average molecular weight is 150 g/mol. The summed E-state index contributed by atoms with van der Waals surface area (Å²) in [6.45, 7) is 1.74. The molecule has 0 aromatic rings. The van der Waals surface area contributed by atoms with Gasteiger partial charge >= 0.3 is 0 Å². The third kappa shape index (κ3) is 34.7. The maximum Gasteiger partial charge on any atom is 0.244 e. The molecule has 0 aromatic carbocycles. The lowest BCUT2D eigenvalue weighted by atomic mass is 10.6. The summed E-state index contributed by atoms with van der Waals surface area (Å²) in [6.07, 6.45) is 2.89. The third-order valence-corrected chi connectivity index (χ3v) is 0.424. The number of rotatable bonds is 1. The summed E-state index contributed by atoms with van der Waals surface area (Å²) in [5.41, 5.74) is 0. The molecule has 1 N–H and O–H groups in total. The number of carbonyl (C=O) groups excluding carboxylic acids is 1.